The molecular weight excluding hydrogens is 238 g/mol. The molecule has 1 atom stereocenters. The lowest BCUT2D eigenvalue weighted by Gasteiger charge is -2.11. The molecule has 1 aromatic rings. The predicted molar refractivity (Wildman–Crippen MR) is 77.3 cm³/mol. The Balaban J connectivity index is 1.84. The molecule has 2 rings (SSSR count). The molecular formula is C16H21NO2. The Morgan fingerprint density at radius 3 is 2.68 bits per heavy atom. The molecule has 0 fully saturated rings. The van der Waals surface area contributed by atoms with E-state index in [-0.39, 0.29) is 12.0 Å². The molecule has 0 saturated carbocycles. The van der Waals surface area contributed by atoms with E-state index in [0.29, 0.717) is 12.3 Å². The summed E-state index contributed by atoms with van der Waals surface area (Å²) in [5, 5.41) is 2.92. The van der Waals surface area contributed by atoms with Crippen LogP contribution in [0.2, 0.25) is 0 Å². The van der Waals surface area contributed by atoms with Gasteiger partial charge in [-0.3, -0.25) is 4.79 Å². The first-order valence-electron chi connectivity index (χ1n) is 6.86. The zero-order valence-electron chi connectivity index (χ0n) is 11.6. The molecule has 1 aromatic carbocycles. The fraction of sp³-hybridized carbons (Fsp3) is 0.438. The van der Waals surface area contributed by atoms with E-state index < -0.39 is 0 Å². The average molecular weight is 259 g/mol. The van der Waals surface area contributed by atoms with Gasteiger partial charge in [-0.05, 0) is 56.9 Å². The molecule has 1 aliphatic carbocycles. The Morgan fingerprint density at radius 1 is 1.37 bits per heavy atom. The predicted octanol–water partition coefficient (Wildman–Crippen LogP) is 3.77. The van der Waals surface area contributed by atoms with Gasteiger partial charge in [0.15, 0.2) is 0 Å². The minimum atomic E-state index is 0.0778. The van der Waals surface area contributed by atoms with Crippen molar-refractivity contribution in [2.75, 3.05) is 5.32 Å². The standard InChI is InChI=1S/C16H21NO2/c1-12(2)19-15-9-7-14(8-10-15)17-16(18)11-13-5-3-4-6-13/h3,5,7-10,12-13H,4,6,11H2,1-2H3,(H,17,18)/t13-/m0/s1. The van der Waals surface area contributed by atoms with E-state index in [0.717, 1.165) is 24.3 Å². The third-order valence-electron chi connectivity index (χ3n) is 3.07. The van der Waals surface area contributed by atoms with Gasteiger partial charge in [0.1, 0.15) is 5.75 Å². The van der Waals surface area contributed by atoms with Gasteiger partial charge in [0.25, 0.3) is 0 Å². The number of benzene rings is 1. The Hall–Kier alpha value is -1.77. The van der Waals surface area contributed by atoms with Crippen molar-refractivity contribution in [3.63, 3.8) is 0 Å². The van der Waals surface area contributed by atoms with Gasteiger partial charge in [0, 0.05) is 12.1 Å². The van der Waals surface area contributed by atoms with Crippen LogP contribution >= 0.6 is 0 Å². The smallest absolute Gasteiger partial charge is 0.224 e. The van der Waals surface area contributed by atoms with Crippen molar-refractivity contribution >= 4 is 11.6 Å². The van der Waals surface area contributed by atoms with Gasteiger partial charge >= 0.3 is 0 Å². The maximum absolute atomic E-state index is 11.9. The topological polar surface area (TPSA) is 38.3 Å². The van der Waals surface area contributed by atoms with E-state index in [4.69, 9.17) is 4.74 Å². The van der Waals surface area contributed by atoms with E-state index in [9.17, 15) is 4.79 Å². The minimum Gasteiger partial charge on any atom is -0.491 e. The second kappa shape index (κ2) is 6.41. The van der Waals surface area contributed by atoms with Crippen LogP contribution in [-0.2, 0) is 4.79 Å². The van der Waals surface area contributed by atoms with Crippen molar-refractivity contribution in [1.82, 2.24) is 0 Å². The van der Waals surface area contributed by atoms with E-state index in [1.165, 1.54) is 0 Å². The Kier molecular flexibility index (Phi) is 4.61. The number of carbonyl (C=O) groups excluding carboxylic acids is 1. The first-order chi connectivity index (χ1) is 9.13. The zero-order chi connectivity index (χ0) is 13.7. The Morgan fingerprint density at radius 2 is 2.11 bits per heavy atom. The van der Waals surface area contributed by atoms with Crippen LogP contribution in [-0.4, -0.2) is 12.0 Å². The summed E-state index contributed by atoms with van der Waals surface area (Å²) in [5.74, 6) is 1.31. The highest BCUT2D eigenvalue weighted by Crippen LogP contribution is 2.22. The van der Waals surface area contributed by atoms with Gasteiger partial charge in [-0.1, -0.05) is 12.2 Å². The molecule has 0 aromatic heterocycles. The maximum Gasteiger partial charge on any atom is 0.224 e. The van der Waals surface area contributed by atoms with E-state index in [2.05, 4.69) is 17.5 Å². The van der Waals surface area contributed by atoms with Crippen molar-refractivity contribution in [1.29, 1.82) is 0 Å². The summed E-state index contributed by atoms with van der Waals surface area (Å²) in [4.78, 5) is 11.9. The summed E-state index contributed by atoms with van der Waals surface area (Å²) in [6.45, 7) is 3.98. The second-order valence-electron chi connectivity index (χ2n) is 5.21. The Labute approximate surface area is 114 Å². The van der Waals surface area contributed by atoms with Gasteiger partial charge in [0.05, 0.1) is 6.10 Å². The number of hydrogen-bond donors (Lipinski definition) is 1. The largest absolute Gasteiger partial charge is 0.491 e. The van der Waals surface area contributed by atoms with Crippen LogP contribution in [0.4, 0.5) is 5.69 Å². The van der Waals surface area contributed by atoms with Crippen LogP contribution in [0.3, 0.4) is 0 Å². The van der Waals surface area contributed by atoms with Gasteiger partial charge in [-0.15, -0.1) is 0 Å². The van der Waals surface area contributed by atoms with Crippen LogP contribution in [0.25, 0.3) is 0 Å². The van der Waals surface area contributed by atoms with Crippen molar-refractivity contribution < 1.29 is 9.53 Å². The molecule has 0 heterocycles. The quantitative estimate of drug-likeness (QED) is 0.817. The fourth-order valence-electron chi connectivity index (χ4n) is 2.20. The molecule has 1 N–H and O–H groups in total. The number of hydrogen-bond acceptors (Lipinski definition) is 2. The molecule has 1 amide bonds. The highest BCUT2D eigenvalue weighted by atomic mass is 16.5. The number of ether oxygens (including phenoxy) is 1. The fourth-order valence-corrected chi connectivity index (χ4v) is 2.20. The van der Waals surface area contributed by atoms with Gasteiger partial charge in [-0.25, -0.2) is 0 Å². The van der Waals surface area contributed by atoms with Gasteiger partial charge in [-0.2, -0.15) is 0 Å². The lowest BCUT2D eigenvalue weighted by atomic mass is 10.1. The molecule has 1 aliphatic rings. The monoisotopic (exact) mass is 259 g/mol. The van der Waals surface area contributed by atoms with Gasteiger partial charge in [0.2, 0.25) is 5.91 Å². The molecule has 19 heavy (non-hydrogen) atoms. The van der Waals surface area contributed by atoms with Crippen LogP contribution in [0.15, 0.2) is 36.4 Å². The first-order valence-corrected chi connectivity index (χ1v) is 6.86. The second-order valence-corrected chi connectivity index (χ2v) is 5.21. The summed E-state index contributed by atoms with van der Waals surface area (Å²) in [6.07, 6.45) is 7.21. The lowest BCUT2D eigenvalue weighted by molar-refractivity contribution is -0.116. The highest BCUT2D eigenvalue weighted by Gasteiger charge is 2.13. The summed E-state index contributed by atoms with van der Waals surface area (Å²) in [5.41, 5.74) is 0.822. The molecule has 0 saturated heterocycles. The number of nitrogens with one attached hydrogen (secondary N) is 1. The number of anilines is 1. The summed E-state index contributed by atoms with van der Waals surface area (Å²) in [7, 11) is 0. The van der Waals surface area contributed by atoms with E-state index >= 15 is 0 Å². The SMILES string of the molecule is CC(C)Oc1ccc(NC(=O)C[C@H]2C=CCC2)cc1. The maximum atomic E-state index is 11.9. The van der Waals surface area contributed by atoms with Crippen molar-refractivity contribution in [3.8, 4) is 5.75 Å². The van der Waals surface area contributed by atoms with Crippen LogP contribution in [0, 0.1) is 5.92 Å². The molecule has 0 unspecified atom stereocenters. The number of amides is 1. The van der Waals surface area contributed by atoms with E-state index in [1.807, 2.05) is 38.1 Å². The number of rotatable bonds is 5. The normalized spacial score (nSPS) is 17.7. The number of allylic oxidation sites excluding steroid dienone is 2. The minimum absolute atomic E-state index is 0.0778. The van der Waals surface area contributed by atoms with E-state index in [1.54, 1.807) is 0 Å². The highest BCUT2D eigenvalue weighted by molar-refractivity contribution is 5.91. The molecule has 0 bridgehead atoms. The summed E-state index contributed by atoms with van der Waals surface area (Å²) >= 11 is 0. The van der Waals surface area contributed by atoms with Crippen LogP contribution in [0.1, 0.15) is 33.1 Å². The van der Waals surface area contributed by atoms with Crippen molar-refractivity contribution in [2.45, 2.75) is 39.2 Å². The molecule has 0 radical (unpaired) electrons. The van der Waals surface area contributed by atoms with Crippen LogP contribution in [0.5, 0.6) is 5.75 Å². The molecule has 0 aliphatic heterocycles. The average Bonchev–Trinajstić information content (AvgIpc) is 2.83. The molecule has 3 heteroatoms. The third-order valence-corrected chi connectivity index (χ3v) is 3.07. The van der Waals surface area contributed by atoms with Crippen molar-refractivity contribution in [3.05, 3.63) is 36.4 Å². The Bertz CT molecular complexity index is 448. The van der Waals surface area contributed by atoms with Gasteiger partial charge < -0.3 is 10.1 Å². The number of carbonyl (C=O) groups is 1. The first kappa shape index (κ1) is 13.7. The molecule has 0 spiro atoms. The lowest BCUT2D eigenvalue weighted by Crippen LogP contribution is -2.14. The van der Waals surface area contributed by atoms with Crippen LogP contribution < -0.4 is 10.1 Å². The summed E-state index contributed by atoms with van der Waals surface area (Å²) < 4.78 is 5.56. The third kappa shape index (κ3) is 4.43. The molecule has 3 nitrogen and oxygen atoms in total. The summed E-state index contributed by atoms with van der Waals surface area (Å²) in [6, 6.07) is 7.51. The van der Waals surface area contributed by atoms with Crippen molar-refractivity contribution in [2.24, 2.45) is 5.92 Å². The molecule has 102 valence electrons. The zero-order valence-corrected chi connectivity index (χ0v) is 11.6.